The molecular formula is C21H27NO6S. The first-order valence-corrected chi connectivity index (χ1v) is 10.9. The zero-order valence-electron chi connectivity index (χ0n) is 16.9. The Morgan fingerprint density at radius 3 is 2.24 bits per heavy atom. The van der Waals surface area contributed by atoms with Crippen LogP contribution >= 0.6 is 0 Å². The molecule has 2 aromatic carbocycles. The SMILES string of the molecule is COc1ccc(S(=O)(=O)NCC2(c3ccccc3OC)CCOCC2)cc1OC. The summed E-state index contributed by atoms with van der Waals surface area (Å²) in [4.78, 5) is 0.123. The minimum absolute atomic E-state index is 0.123. The van der Waals surface area contributed by atoms with E-state index in [0.29, 0.717) is 37.6 Å². The first kappa shape index (κ1) is 21.4. The molecule has 1 N–H and O–H groups in total. The number of nitrogens with one attached hydrogen (secondary N) is 1. The van der Waals surface area contributed by atoms with Gasteiger partial charge < -0.3 is 18.9 Å². The molecular weight excluding hydrogens is 394 g/mol. The van der Waals surface area contributed by atoms with Gasteiger partial charge in [0, 0.05) is 36.8 Å². The zero-order chi connectivity index (χ0) is 20.9. The van der Waals surface area contributed by atoms with Crippen molar-refractivity contribution in [3.05, 3.63) is 48.0 Å². The minimum Gasteiger partial charge on any atom is -0.496 e. The van der Waals surface area contributed by atoms with Crippen molar-refractivity contribution in [3.8, 4) is 17.2 Å². The molecule has 1 heterocycles. The van der Waals surface area contributed by atoms with Crippen molar-refractivity contribution in [2.75, 3.05) is 41.1 Å². The van der Waals surface area contributed by atoms with Crippen molar-refractivity contribution < 1.29 is 27.4 Å². The predicted molar refractivity (Wildman–Crippen MR) is 109 cm³/mol. The van der Waals surface area contributed by atoms with E-state index in [2.05, 4.69) is 4.72 Å². The highest BCUT2D eigenvalue weighted by molar-refractivity contribution is 7.89. The number of rotatable bonds is 8. The van der Waals surface area contributed by atoms with Gasteiger partial charge in [-0.05, 0) is 31.0 Å². The van der Waals surface area contributed by atoms with E-state index in [1.165, 1.54) is 26.4 Å². The fourth-order valence-corrected chi connectivity index (χ4v) is 4.83. The van der Waals surface area contributed by atoms with E-state index in [1.54, 1.807) is 13.2 Å². The van der Waals surface area contributed by atoms with Crippen LogP contribution in [0.5, 0.6) is 17.2 Å². The van der Waals surface area contributed by atoms with E-state index in [9.17, 15) is 8.42 Å². The summed E-state index contributed by atoms with van der Waals surface area (Å²) in [6.45, 7) is 1.37. The number of ether oxygens (including phenoxy) is 4. The molecule has 0 aliphatic carbocycles. The van der Waals surface area contributed by atoms with Crippen LogP contribution in [0, 0.1) is 0 Å². The van der Waals surface area contributed by atoms with Crippen LogP contribution in [0.25, 0.3) is 0 Å². The number of hydrogen-bond donors (Lipinski definition) is 1. The van der Waals surface area contributed by atoms with Gasteiger partial charge >= 0.3 is 0 Å². The van der Waals surface area contributed by atoms with Crippen LogP contribution in [0.1, 0.15) is 18.4 Å². The Morgan fingerprint density at radius 2 is 1.59 bits per heavy atom. The van der Waals surface area contributed by atoms with Crippen molar-refractivity contribution in [1.29, 1.82) is 0 Å². The molecule has 8 heteroatoms. The molecule has 0 atom stereocenters. The first-order valence-electron chi connectivity index (χ1n) is 9.39. The molecule has 3 rings (SSSR count). The third-order valence-electron chi connectivity index (χ3n) is 5.39. The number of benzene rings is 2. The summed E-state index contributed by atoms with van der Waals surface area (Å²) in [7, 11) is 0.854. The largest absolute Gasteiger partial charge is 0.496 e. The van der Waals surface area contributed by atoms with Gasteiger partial charge in [0.2, 0.25) is 10.0 Å². The van der Waals surface area contributed by atoms with Gasteiger partial charge in [-0.25, -0.2) is 13.1 Å². The molecule has 158 valence electrons. The van der Waals surface area contributed by atoms with Gasteiger partial charge in [0.25, 0.3) is 0 Å². The van der Waals surface area contributed by atoms with Crippen molar-refractivity contribution in [1.82, 2.24) is 4.72 Å². The molecule has 0 radical (unpaired) electrons. The molecule has 0 unspecified atom stereocenters. The summed E-state index contributed by atoms with van der Waals surface area (Å²) < 4.78 is 50.3. The van der Waals surface area contributed by atoms with Crippen LogP contribution in [-0.2, 0) is 20.2 Å². The predicted octanol–water partition coefficient (Wildman–Crippen LogP) is 2.74. The quantitative estimate of drug-likeness (QED) is 0.706. The van der Waals surface area contributed by atoms with E-state index in [4.69, 9.17) is 18.9 Å². The maximum Gasteiger partial charge on any atom is 0.240 e. The average Bonchev–Trinajstić information content (AvgIpc) is 2.77. The number of para-hydroxylation sites is 1. The van der Waals surface area contributed by atoms with Crippen LogP contribution in [0.15, 0.2) is 47.4 Å². The third-order valence-corrected chi connectivity index (χ3v) is 6.79. The van der Waals surface area contributed by atoms with E-state index in [-0.39, 0.29) is 11.4 Å². The molecule has 0 amide bonds. The summed E-state index contributed by atoms with van der Waals surface area (Å²) in [6.07, 6.45) is 1.39. The summed E-state index contributed by atoms with van der Waals surface area (Å²) >= 11 is 0. The van der Waals surface area contributed by atoms with Crippen LogP contribution < -0.4 is 18.9 Å². The standard InChI is InChI=1S/C21H27NO6S/c1-25-18-7-5-4-6-17(18)21(10-12-28-13-11-21)15-22-29(23,24)16-8-9-19(26-2)20(14-16)27-3/h4-9,14,22H,10-13,15H2,1-3H3. The lowest BCUT2D eigenvalue weighted by Gasteiger charge is -2.38. The van der Waals surface area contributed by atoms with Crippen molar-refractivity contribution in [2.45, 2.75) is 23.2 Å². The molecule has 7 nitrogen and oxygen atoms in total. The first-order chi connectivity index (χ1) is 14.0. The summed E-state index contributed by atoms with van der Waals surface area (Å²) in [5.74, 6) is 1.59. The van der Waals surface area contributed by atoms with Gasteiger partial charge in [-0.3, -0.25) is 0 Å². The normalized spacial score (nSPS) is 16.2. The Labute approximate surface area is 172 Å². The van der Waals surface area contributed by atoms with E-state index in [1.807, 2.05) is 24.3 Å². The Balaban J connectivity index is 1.90. The molecule has 2 aromatic rings. The van der Waals surface area contributed by atoms with Gasteiger partial charge in [-0.2, -0.15) is 0 Å². The topological polar surface area (TPSA) is 83.1 Å². The molecule has 29 heavy (non-hydrogen) atoms. The second-order valence-electron chi connectivity index (χ2n) is 6.93. The Bertz CT molecular complexity index is 938. The second-order valence-corrected chi connectivity index (χ2v) is 8.70. The molecule has 0 bridgehead atoms. The van der Waals surface area contributed by atoms with E-state index < -0.39 is 15.4 Å². The number of sulfonamides is 1. The highest BCUT2D eigenvalue weighted by Gasteiger charge is 2.38. The Kier molecular flexibility index (Phi) is 6.66. The summed E-state index contributed by atoms with van der Waals surface area (Å²) in [6, 6.07) is 12.3. The molecule has 1 aliphatic rings. The smallest absolute Gasteiger partial charge is 0.240 e. The molecule has 1 saturated heterocycles. The summed E-state index contributed by atoms with van der Waals surface area (Å²) in [5.41, 5.74) is 0.579. The monoisotopic (exact) mass is 421 g/mol. The zero-order valence-corrected chi connectivity index (χ0v) is 17.8. The van der Waals surface area contributed by atoms with Gasteiger partial charge in [0.15, 0.2) is 11.5 Å². The van der Waals surface area contributed by atoms with Gasteiger partial charge in [-0.15, -0.1) is 0 Å². The van der Waals surface area contributed by atoms with E-state index in [0.717, 1.165) is 11.3 Å². The van der Waals surface area contributed by atoms with Crippen molar-refractivity contribution >= 4 is 10.0 Å². The fourth-order valence-electron chi connectivity index (χ4n) is 3.69. The highest BCUT2D eigenvalue weighted by Crippen LogP contribution is 2.39. The Hall–Kier alpha value is -2.29. The lowest BCUT2D eigenvalue weighted by Crippen LogP contribution is -2.44. The lowest BCUT2D eigenvalue weighted by molar-refractivity contribution is 0.0509. The molecule has 0 aromatic heterocycles. The van der Waals surface area contributed by atoms with Crippen LogP contribution in [-0.4, -0.2) is 49.5 Å². The fraction of sp³-hybridized carbons (Fsp3) is 0.429. The van der Waals surface area contributed by atoms with Crippen LogP contribution in [0.4, 0.5) is 0 Å². The average molecular weight is 422 g/mol. The maximum absolute atomic E-state index is 13.0. The molecule has 0 spiro atoms. The summed E-state index contributed by atoms with van der Waals surface area (Å²) in [5, 5.41) is 0. The van der Waals surface area contributed by atoms with Gasteiger partial charge in [0.05, 0.1) is 26.2 Å². The van der Waals surface area contributed by atoms with Crippen molar-refractivity contribution in [3.63, 3.8) is 0 Å². The van der Waals surface area contributed by atoms with Gasteiger partial charge in [-0.1, -0.05) is 18.2 Å². The maximum atomic E-state index is 13.0. The second kappa shape index (κ2) is 9.02. The van der Waals surface area contributed by atoms with Gasteiger partial charge in [0.1, 0.15) is 5.75 Å². The molecule has 1 fully saturated rings. The molecule has 1 aliphatic heterocycles. The minimum atomic E-state index is -3.75. The van der Waals surface area contributed by atoms with Crippen LogP contribution in [0.3, 0.4) is 0 Å². The van der Waals surface area contributed by atoms with Crippen molar-refractivity contribution in [2.24, 2.45) is 0 Å². The van der Waals surface area contributed by atoms with Crippen LogP contribution in [0.2, 0.25) is 0 Å². The highest BCUT2D eigenvalue weighted by atomic mass is 32.2. The Morgan fingerprint density at radius 1 is 0.931 bits per heavy atom. The lowest BCUT2D eigenvalue weighted by atomic mass is 9.74. The van der Waals surface area contributed by atoms with E-state index >= 15 is 0 Å². The number of methoxy groups -OCH3 is 3. The third kappa shape index (κ3) is 4.49. The number of hydrogen-bond acceptors (Lipinski definition) is 6. The molecule has 0 saturated carbocycles.